The second-order valence-electron chi connectivity index (χ2n) is 7.37. The maximum absolute atomic E-state index is 12.6. The Balaban J connectivity index is 1.57. The molecule has 0 aliphatic rings. The van der Waals surface area contributed by atoms with Crippen LogP contribution in [0.5, 0.6) is 5.75 Å². The monoisotopic (exact) mass is 390 g/mol. The van der Waals surface area contributed by atoms with Crippen LogP contribution < -0.4 is 4.74 Å². The fourth-order valence-electron chi connectivity index (χ4n) is 3.38. The van der Waals surface area contributed by atoms with Crippen LogP contribution in [0.2, 0.25) is 0 Å². The minimum absolute atomic E-state index is 0.0636. The summed E-state index contributed by atoms with van der Waals surface area (Å²) in [6, 6.07) is 19.1. The molecule has 0 amide bonds. The van der Waals surface area contributed by atoms with Gasteiger partial charge in [-0.2, -0.15) is 5.10 Å². The molecule has 0 aliphatic heterocycles. The van der Waals surface area contributed by atoms with Crippen LogP contribution in [0.1, 0.15) is 61.5 Å². The smallest absolute Gasteiger partial charge is 0.213 e. The zero-order chi connectivity index (χ0) is 20.5. The lowest BCUT2D eigenvalue weighted by molar-refractivity contribution is 0.103. The fourth-order valence-corrected chi connectivity index (χ4v) is 3.38. The van der Waals surface area contributed by atoms with Crippen LogP contribution in [0, 0.1) is 0 Å². The van der Waals surface area contributed by atoms with Crippen molar-refractivity contribution in [1.82, 2.24) is 9.78 Å². The SMILES string of the molecule is CCCCCCCCOc1ccc(-c2cc(C(=O)c3ccccc3)nn2C)cc1. The second-order valence-corrected chi connectivity index (χ2v) is 7.37. The summed E-state index contributed by atoms with van der Waals surface area (Å²) in [5.74, 6) is 0.816. The zero-order valence-corrected chi connectivity index (χ0v) is 17.4. The highest BCUT2D eigenvalue weighted by Crippen LogP contribution is 2.24. The number of hydrogen-bond donors (Lipinski definition) is 0. The topological polar surface area (TPSA) is 44.1 Å². The van der Waals surface area contributed by atoms with E-state index in [0.717, 1.165) is 30.0 Å². The summed E-state index contributed by atoms with van der Waals surface area (Å²) >= 11 is 0. The number of unbranched alkanes of at least 4 members (excludes halogenated alkanes) is 5. The third-order valence-corrected chi connectivity index (χ3v) is 5.07. The molecule has 29 heavy (non-hydrogen) atoms. The molecule has 0 atom stereocenters. The quantitative estimate of drug-likeness (QED) is 0.295. The van der Waals surface area contributed by atoms with E-state index in [9.17, 15) is 4.79 Å². The number of ketones is 1. The zero-order valence-electron chi connectivity index (χ0n) is 17.4. The van der Waals surface area contributed by atoms with Crippen molar-refractivity contribution in [3.8, 4) is 17.0 Å². The molecule has 0 bridgehead atoms. The van der Waals surface area contributed by atoms with Crippen molar-refractivity contribution in [3.63, 3.8) is 0 Å². The van der Waals surface area contributed by atoms with Crippen molar-refractivity contribution in [3.05, 3.63) is 71.9 Å². The number of benzene rings is 2. The second kappa shape index (κ2) is 10.6. The number of hydrogen-bond acceptors (Lipinski definition) is 3. The first-order valence-electron chi connectivity index (χ1n) is 10.6. The third-order valence-electron chi connectivity index (χ3n) is 5.07. The van der Waals surface area contributed by atoms with Gasteiger partial charge in [-0.3, -0.25) is 9.48 Å². The molecule has 1 heterocycles. The largest absolute Gasteiger partial charge is 0.494 e. The van der Waals surface area contributed by atoms with E-state index in [0.29, 0.717) is 11.3 Å². The Labute approximate surface area is 173 Å². The van der Waals surface area contributed by atoms with Crippen LogP contribution in [0.3, 0.4) is 0 Å². The van der Waals surface area contributed by atoms with Gasteiger partial charge in [0.2, 0.25) is 5.78 Å². The Morgan fingerprint density at radius 3 is 2.34 bits per heavy atom. The van der Waals surface area contributed by atoms with Gasteiger partial charge in [-0.1, -0.05) is 69.4 Å². The normalized spacial score (nSPS) is 10.8. The number of carbonyl (C=O) groups excluding carboxylic acids is 1. The van der Waals surface area contributed by atoms with Crippen molar-refractivity contribution in [2.45, 2.75) is 45.4 Å². The Bertz CT molecular complexity index is 898. The van der Waals surface area contributed by atoms with Crippen molar-refractivity contribution in [2.24, 2.45) is 7.05 Å². The molecule has 0 saturated heterocycles. The van der Waals surface area contributed by atoms with Crippen LogP contribution in [-0.4, -0.2) is 22.2 Å². The summed E-state index contributed by atoms with van der Waals surface area (Å²) in [5.41, 5.74) is 3.03. The molecule has 4 nitrogen and oxygen atoms in total. The highest BCUT2D eigenvalue weighted by Gasteiger charge is 2.15. The van der Waals surface area contributed by atoms with Crippen LogP contribution in [0.25, 0.3) is 11.3 Å². The molecule has 152 valence electrons. The Morgan fingerprint density at radius 1 is 0.931 bits per heavy atom. The lowest BCUT2D eigenvalue weighted by Gasteiger charge is -2.07. The van der Waals surface area contributed by atoms with E-state index in [-0.39, 0.29) is 5.78 Å². The van der Waals surface area contributed by atoms with Gasteiger partial charge < -0.3 is 4.74 Å². The fraction of sp³-hybridized carbons (Fsp3) is 0.360. The Hall–Kier alpha value is -2.88. The van der Waals surface area contributed by atoms with E-state index in [1.165, 1.54) is 32.1 Å². The summed E-state index contributed by atoms with van der Waals surface area (Å²) < 4.78 is 7.61. The first kappa shape index (κ1) is 20.8. The van der Waals surface area contributed by atoms with Crippen LogP contribution in [-0.2, 0) is 7.05 Å². The number of carbonyl (C=O) groups is 1. The van der Waals surface area contributed by atoms with Gasteiger partial charge >= 0.3 is 0 Å². The molecule has 0 radical (unpaired) electrons. The number of aryl methyl sites for hydroxylation is 1. The average Bonchev–Trinajstić information content (AvgIpc) is 3.15. The molecule has 0 saturated carbocycles. The molecule has 3 aromatic rings. The van der Waals surface area contributed by atoms with Gasteiger partial charge in [-0.25, -0.2) is 0 Å². The maximum Gasteiger partial charge on any atom is 0.213 e. The van der Waals surface area contributed by atoms with Crippen molar-refractivity contribution >= 4 is 5.78 Å². The predicted octanol–water partition coefficient (Wildman–Crippen LogP) is 6.06. The lowest BCUT2D eigenvalue weighted by atomic mass is 10.1. The minimum Gasteiger partial charge on any atom is -0.494 e. The summed E-state index contributed by atoms with van der Waals surface area (Å²) in [6.07, 6.45) is 7.55. The van der Waals surface area contributed by atoms with Gasteiger partial charge in [0.15, 0.2) is 0 Å². The predicted molar refractivity (Wildman–Crippen MR) is 117 cm³/mol. The van der Waals surface area contributed by atoms with E-state index in [4.69, 9.17) is 4.74 Å². The van der Waals surface area contributed by atoms with Crippen molar-refractivity contribution < 1.29 is 9.53 Å². The van der Waals surface area contributed by atoms with Gasteiger partial charge in [0.05, 0.1) is 12.3 Å². The first-order valence-corrected chi connectivity index (χ1v) is 10.6. The summed E-state index contributed by atoms with van der Waals surface area (Å²) in [4.78, 5) is 12.6. The van der Waals surface area contributed by atoms with E-state index >= 15 is 0 Å². The molecule has 0 unspecified atom stereocenters. The van der Waals surface area contributed by atoms with E-state index in [1.54, 1.807) is 4.68 Å². The molecule has 0 spiro atoms. The number of aromatic nitrogens is 2. The minimum atomic E-state index is -0.0636. The highest BCUT2D eigenvalue weighted by molar-refractivity contribution is 6.08. The molecule has 0 aliphatic carbocycles. The van der Waals surface area contributed by atoms with Gasteiger partial charge in [-0.05, 0) is 36.8 Å². The van der Waals surface area contributed by atoms with Crippen LogP contribution in [0.15, 0.2) is 60.7 Å². The van der Waals surface area contributed by atoms with Gasteiger partial charge in [-0.15, -0.1) is 0 Å². The van der Waals surface area contributed by atoms with E-state index < -0.39 is 0 Å². The molecule has 3 rings (SSSR count). The van der Waals surface area contributed by atoms with Crippen molar-refractivity contribution in [1.29, 1.82) is 0 Å². The van der Waals surface area contributed by atoms with Crippen LogP contribution in [0.4, 0.5) is 0 Å². The van der Waals surface area contributed by atoms with Gasteiger partial charge in [0.25, 0.3) is 0 Å². The maximum atomic E-state index is 12.6. The molecule has 1 aromatic heterocycles. The van der Waals surface area contributed by atoms with Crippen LogP contribution >= 0.6 is 0 Å². The summed E-state index contributed by atoms with van der Waals surface area (Å²) in [5, 5.41) is 4.41. The molecular formula is C25H30N2O2. The number of ether oxygens (including phenoxy) is 1. The standard InChI is InChI=1S/C25H30N2O2/c1-3-4-5-6-7-11-18-29-22-16-14-20(15-17-22)24-19-23(26-27(24)2)25(28)21-12-9-8-10-13-21/h8-10,12-17,19H,3-7,11,18H2,1-2H3. The molecule has 4 heteroatoms. The molecule has 2 aromatic carbocycles. The number of nitrogens with zero attached hydrogens (tertiary/aromatic N) is 2. The van der Waals surface area contributed by atoms with Gasteiger partial charge in [0.1, 0.15) is 11.4 Å². The Kier molecular flexibility index (Phi) is 7.62. The Morgan fingerprint density at radius 2 is 1.62 bits per heavy atom. The third kappa shape index (κ3) is 5.80. The molecular weight excluding hydrogens is 360 g/mol. The summed E-state index contributed by atoms with van der Waals surface area (Å²) in [6.45, 7) is 2.99. The first-order chi connectivity index (χ1) is 14.2. The number of rotatable bonds is 11. The van der Waals surface area contributed by atoms with E-state index in [1.807, 2.05) is 67.7 Å². The molecule has 0 fully saturated rings. The highest BCUT2D eigenvalue weighted by atomic mass is 16.5. The van der Waals surface area contributed by atoms with Crippen molar-refractivity contribution in [2.75, 3.05) is 6.61 Å². The molecule has 0 N–H and O–H groups in total. The average molecular weight is 391 g/mol. The summed E-state index contributed by atoms with van der Waals surface area (Å²) in [7, 11) is 1.86. The van der Waals surface area contributed by atoms with Gasteiger partial charge in [0, 0.05) is 18.2 Å². The van der Waals surface area contributed by atoms with E-state index in [2.05, 4.69) is 12.0 Å². The lowest BCUT2D eigenvalue weighted by Crippen LogP contribution is -2.03.